The van der Waals surface area contributed by atoms with Crippen LogP contribution in [0.15, 0.2) is 36.4 Å². The SMILES string of the molecule is Cc1c(Cl)ccc(OCC(=O)N2CC(C)N(Cc3ccc(F)cc3)CC2C)c1Cl. The summed E-state index contributed by atoms with van der Waals surface area (Å²) in [7, 11) is 0. The Kier molecular flexibility index (Phi) is 7.04. The maximum absolute atomic E-state index is 13.1. The van der Waals surface area contributed by atoms with Gasteiger partial charge in [0.15, 0.2) is 6.61 Å². The van der Waals surface area contributed by atoms with Gasteiger partial charge in [-0.1, -0.05) is 35.3 Å². The van der Waals surface area contributed by atoms with E-state index in [2.05, 4.69) is 11.8 Å². The normalized spacial score (nSPS) is 20.0. The second-order valence-electron chi connectivity index (χ2n) is 7.57. The van der Waals surface area contributed by atoms with E-state index in [1.165, 1.54) is 12.1 Å². The molecule has 4 nitrogen and oxygen atoms in total. The molecule has 0 bridgehead atoms. The number of nitrogens with zero attached hydrogens (tertiary/aromatic N) is 2. The zero-order valence-corrected chi connectivity index (χ0v) is 18.3. The Bertz CT molecular complexity index is 876. The lowest BCUT2D eigenvalue weighted by molar-refractivity contribution is -0.139. The van der Waals surface area contributed by atoms with Crippen LogP contribution in [0.4, 0.5) is 4.39 Å². The molecule has 2 unspecified atom stereocenters. The van der Waals surface area contributed by atoms with E-state index in [4.69, 9.17) is 27.9 Å². The van der Waals surface area contributed by atoms with Gasteiger partial charge >= 0.3 is 0 Å². The maximum Gasteiger partial charge on any atom is 0.260 e. The third-order valence-electron chi connectivity index (χ3n) is 5.37. The van der Waals surface area contributed by atoms with Crippen molar-refractivity contribution in [1.82, 2.24) is 9.80 Å². The number of piperazine rings is 1. The molecule has 0 radical (unpaired) electrons. The van der Waals surface area contributed by atoms with Gasteiger partial charge in [0.25, 0.3) is 5.91 Å². The van der Waals surface area contributed by atoms with Gasteiger partial charge < -0.3 is 9.64 Å². The first-order valence-electron chi connectivity index (χ1n) is 9.61. The summed E-state index contributed by atoms with van der Waals surface area (Å²) in [6.45, 7) is 7.93. The topological polar surface area (TPSA) is 32.8 Å². The van der Waals surface area contributed by atoms with Gasteiger partial charge in [0.1, 0.15) is 11.6 Å². The predicted molar refractivity (Wildman–Crippen MR) is 114 cm³/mol. The van der Waals surface area contributed by atoms with E-state index >= 15 is 0 Å². The fourth-order valence-corrected chi connectivity index (χ4v) is 3.99. The molecule has 1 aliphatic rings. The molecule has 2 aromatic carbocycles. The number of carbonyl (C=O) groups excluding carboxylic acids is 1. The van der Waals surface area contributed by atoms with Crippen LogP contribution in [-0.4, -0.2) is 47.5 Å². The minimum absolute atomic E-state index is 0.0465. The largest absolute Gasteiger partial charge is 0.482 e. The molecule has 2 atom stereocenters. The van der Waals surface area contributed by atoms with Crippen molar-refractivity contribution in [2.75, 3.05) is 19.7 Å². The van der Waals surface area contributed by atoms with E-state index in [1.807, 2.05) is 18.7 Å². The maximum atomic E-state index is 13.1. The van der Waals surface area contributed by atoms with E-state index in [0.29, 0.717) is 22.3 Å². The van der Waals surface area contributed by atoms with Crippen molar-refractivity contribution in [3.63, 3.8) is 0 Å². The lowest BCUT2D eigenvalue weighted by Gasteiger charge is -2.44. The highest BCUT2D eigenvalue weighted by Gasteiger charge is 2.32. The lowest BCUT2D eigenvalue weighted by Crippen LogP contribution is -2.58. The molecule has 7 heteroatoms. The fraction of sp³-hybridized carbons (Fsp3) is 0.409. The minimum atomic E-state index is -0.235. The molecule has 2 aromatic rings. The molecule has 29 heavy (non-hydrogen) atoms. The quantitative estimate of drug-likeness (QED) is 0.662. The van der Waals surface area contributed by atoms with Gasteiger partial charge in [0.2, 0.25) is 0 Å². The predicted octanol–water partition coefficient (Wildman–Crippen LogP) is 4.94. The molecule has 156 valence electrons. The monoisotopic (exact) mass is 438 g/mol. The van der Waals surface area contributed by atoms with Crippen LogP contribution in [0.1, 0.15) is 25.0 Å². The summed E-state index contributed by atoms with van der Waals surface area (Å²) in [6, 6.07) is 10.2. The molecule has 1 aliphatic heterocycles. The Hall–Kier alpha value is -1.82. The van der Waals surface area contributed by atoms with Gasteiger partial charge in [-0.25, -0.2) is 4.39 Å². The lowest BCUT2D eigenvalue weighted by atomic mass is 10.1. The number of ether oxygens (including phenoxy) is 1. The molecular formula is C22H25Cl2FN2O2. The Labute approximate surface area is 181 Å². The third-order valence-corrected chi connectivity index (χ3v) is 6.25. The van der Waals surface area contributed by atoms with Crippen molar-refractivity contribution in [2.24, 2.45) is 0 Å². The molecule has 3 rings (SSSR count). The first-order chi connectivity index (χ1) is 13.8. The Morgan fingerprint density at radius 2 is 1.79 bits per heavy atom. The summed E-state index contributed by atoms with van der Waals surface area (Å²) < 4.78 is 18.8. The van der Waals surface area contributed by atoms with Crippen molar-refractivity contribution in [3.8, 4) is 5.75 Å². The van der Waals surface area contributed by atoms with Crippen molar-refractivity contribution >= 4 is 29.1 Å². The second kappa shape index (κ2) is 9.33. The molecule has 0 aliphatic carbocycles. The highest BCUT2D eigenvalue weighted by atomic mass is 35.5. The van der Waals surface area contributed by atoms with E-state index in [-0.39, 0.29) is 30.4 Å². The van der Waals surface area contributed by atoms with Gasteiger partial charge in [-0.15, -0.1) is 0 Å². The Morgan fingerprint density at radius 1 is 1.10 bits per heavy atom. The van der Waals surface area contributed by atoms with Crippen molar-refractivity contribution in [1.29, 1.82) is 0 Å². The second-order valence-corrected chi connectivity index (χ2v) is 8.36. The van der Waals surface area contributed by atoms with E-state index in [1.54, 1.807) is 24.3 Å². The number of rotatable bonds is 5. The molecule has 1 fully saturated rings. The molecule has 0 aromatic heterocycles. The average molecular weight is 439 g/mol. The average Bonchev–Trinajstić information content (AvgIpc) is 2.69. The van der Waals surface area contributed by atoms with Gasteiger partial charge in [0, 0.05) is 36.7 Å². The first-order valence-corrected chi connectivity index (χ1v) is 10.4. The molecule has 0 N–H and O–H groups in total. The van der Waals surface area contributed by atoms with Gasteiger partial charge in [-0.2, -0.15) is 0 Å². The number of benzene rings is 2. The summed E-state index contributed by atoms with van der Waals surface area (Å²) in [6.07, 6.45) is 0. The number of hydrogen-bond acceptors (Lipinski definition) is 3. The zero-order valence-electron chi connectivity index (χ0n) is 16.8. The van der Waals surface area contributed by atoms with Crippen LogP contribution in [0.25, 0.3) is 0 Å². The molecule has 1 amide bonds. The van der Waals surface area contributed by atoms with E-state index in [0.717, 1.165) is 24.2 Å². The van der Waals surface area contributed by atoms with Gasteiger partial charge in [-0.05, 0) is 56.2 Å². The number of hydrogen-bond donors (Lipinski definition) is 0. The van der Waals surface area contributed by atoms with Crippen molar-refractivity contribution in [2.45, 2.75) is 39.4 Å². The summed E-state index contributed by atoms with van der Waals surface area (Å²) in [5.41, 5.74) is 1.79. The Morgan fingerprint density at radius 3 is 2.48 bits per heavy atom. The van der Waals surface area contributed by atoms with E-state index < -0.39 is 0 Å². The van der Waals surface area contributed by atoms with Crippen LogP contribution in [0.5, 0.6) is 5.75 Å². The molecule has 1 heterocycles. The first kappa shape index (κ1) is 21.9. The zero-order chi connectivity index (χ0) is 21.1. The number of carbonyl (C=O) groups is 1. The Balaban J connectivity index is 1.58. The molecule has 0 spiro atoms. The highest BCUT2D eigenvalue weighted by Crippen LogP contribution is 2.32. The van der Waals surface area contributed by atoms with Crippen molar-refractivity contribution in [3.05, 3.63) is 63.4 Å². The standard InChI is InChI=1S/C22H25Cl2FN2O2/c1-14-11-27(15(2)10-26(14)12-17-4-6-18(25)7-5-17)21(28)13-29-20-9-8-19(23)16(3)22(20)24/h4-9,14-15H,10-13H2,1-3H3. The minimum Gasteiger partial charge on any atom is -0.482 e. The fourth-order valence-electron chi connectivity index (χ4n) is 3.56. The van der Waals surface area contributed by atoms with Crippen LogP contribution < -0.4 is 4.74 Å². The molecule has 0 saturated carbocycles. The van der Waals surface area contributed by atoms with Crippen LogP contribution in [-0.2, 0) is 11.3 Å². The van der Waals surface area contributed by atoms with Crippen LogP contribution in [0, 0.1) is 12.7 Å². The smallest absolute Gasteiger partial charge is 0.260 e. The summed E-state index contributed by atoms with van der Waals surface area (Å²) >= 11 is 12.3. The van der Waals surface area contributed by atoms with Crippen molar-refractivity contribution < 1.29 is 13.9 Å². The summed E-state index contributed by atoms with van der Waals surface area (Å²) in [5, 5.41) is 0.990. The summed E-state index contributed by atoms with van der Waals surface area (Å²) in [4.78, 5) is 16.9. The number of halogens is 3. The van der Waals surface area contributed by atoms with Crippen LogP contribution in [0.3, 0.4) is 0 Å². The third kappa shape index (κ3) is 5.21. The number of amides is 1. The van der Waals surface area contributed by atoms with E-state index in [9.17, 15) is 9.18 Å². The van der Waals surface area contributed by atoms with Crippen LogP contribution in [0.2, 0.25) is 10.0 Å². The summed E-state index contributed by atoms with van der Waals surface area (Å²) in [5.74, 6) is 0.147. The van der Waals surface area contributed by atoms with Gasteiger partial charge in [0.05, 0.1) is 5.02 Å². The molecular weight excluding hydrogens is 414 g/mol. The van der Waals surface area contributed by atoms with Crippen LogP contribution >= 0.6 is 23.2 Å². The molecule has 1 saturated heterocycles. The van der Waals surface area contributed by atoms with Gasteiger partial charge in [-0.3, -0.25) is 9.69 Å². The highest BCUT2D eigenvalue weighted by molar-refractivity contribution is 6.36.